The van der Waals surface area contributed by atoms with Crippen LogP contribution < -0.4 is 5.73 Å². The van der Waals surface area contributed by atoms with Crippen LogP contribution in [0.4, 0.5) is 0 Å². The van der Waals surface area contributed by atoms with E-state index in [9.17, 15) is 14.4 Å². The first-order valence-electron chi connectivity index (χ1n) is 5.88. The van der Waals surface area contributed by atoms with E-state index in [1.54, 1.807) is 0 Å². The summed E-state index contributed by atoms with van der Waals surface area (Å²) in [7, 11) is 0. The number of amides is 2. The van der Waals surface area contributed by atoms with Gasteiger partial charge < -0.3 is 20.5 Å². The van der Waals surface area contributed by atoms with Gasteiger partial charge in [0.15, 0.2) is 0 Å². The van der Waals surface area contributed by atoms with Gasteiger partial charge in [-0.3, -0.25) is 9.59 Å². The highest BCUT2D eigenvalue weighted by atomic mass is 16.5. The molecule has 0 aromatic carbocycles. The van der Waals surface area contributed by atoms with Crippen molar-refractivity contribution in [2.24, 2.45) is 5.73 Å². The molecule has 0 spiro atoms. The highest BCUT2D eigenvalue weighted by molar-refractivity contribution is 5.97. The van der Waals surface area contributed by atoms with Gasteiger partial charge in [0.25, 0.3) is 5.91 Å². The molecule has 3 N–H and O–H groups in total. The minimum atomic E-state index is -1.18. The maximum atomic E-state index is 12.3. The number of nitrogens with two attached hydrogens (primary N) is 1. The second-order valence-electron chi connectivity index (χ2n) is 4.23. The standard InChI is InChI=1S/C12H13N3O5/c13-10(16)9-6-20-4-3-15(9)11(17)7-1-2-8(12(18)19)14-5-7/h1-2,5,9H,3-4,6H2,(H2,13,16)(H,18,19). The quantitative estimate of drug-likeness (QED) is 0.739. The number of primary amides is 1. The summed E-state index contributed by atoms with van der Waals surface area (Å²) in [5.74, 6) is -2.25. The second kappa shape index (κ2) is 5.66. The number of carbonyl (C=O) groups excluding carboxylic acids is 2. The molecule has 1 aromatic heterocycles. The van der Waals surface area contributed by atoms with Crippen LogP contribution in [0, 0.1) is 0 Å². The third kappa shape index (κ3) is 2.75. The number of aromatic nitrogens is 1. The second-order valence-corrected chi connectivity index (χ2v) is 4.23. The Morgan fingerprint density at radius 1 is 1.40 bits per heavy atom. The van der Waals surface area contributed by atoms with Crippen LogP contribution in [-0.4, -0.2) is 58.6 Å². The predicted molar refractivity (Wildman–Crippen MR) is 66.0 cm³/mol. The zero-order chi connectivity index (χ0) is 14.7. The van der Waals surface area contributed by atoms with Crippen molar-refractivity contribution in [1.82, 2.24) is 9.88 Å². The average molecular weight is 279 g/mol. The van der Waals surface area contributed by atoms with E-state index in [1.807, 2.05) is 0 Å². The van der Waals surface area contributed by atoms with Crippen molar-refractivity contribution < 1.29 is 24.2 Å². The molecule has 1 aliphatic rings. The van der Waals surface area contributed by atoms with E-state index in [2.05, 4.69) is 4.98 Å². The van der Waals surface area contributed by atoms with Gasteiger partial charge in [-0.15, -0.1) is 0 Å². The fourth-order valence-electron chi connectivity index (χ4n) is 1.90. The molecule has 0 radical (unpaired) electrons. The Morgan fingerprint density at radius 2 is 2.15 bits per heavy atom. The highest BCUT2D eigenvalue weighted by Gasteiger charge is 2.32. The topological polar surface area (TPSA) is 123 Å². The van der Waals surface area contributed by atoms with Crippen molar-refractivity contribution in [3.8, 4) is 0 Å². The van der Waals surface area contributed by atoms with Gasteiger partial charge in [0.05, 0.1) is 18.8 Å². The third-order valence-electron chi connectivity index (χ3n) is 2.95. The average Bonchev–Trinajstić information content (AvgIpc) is 2.46. The van der Waals surface area contributed by atoms with Gasteiger partial charge >= 0.3 is 5.97 Å². The normalized spacial score (nSPS) is 18.6. The van der Waals surface area contributed by atoms with Crippen molar-refractivity contribution in [2.75, 3.05) is 19.8 Å². The molecule has 1 fully saturated rings. The van der Waals surface area contributed by atoms with Gasteiger partial charge in [0, 0.05) is 12.7 Å². The van der Waals surface area contributed by atoms with E-state index in [4.69, 9.17) is 15.6 Å². The zero-order valence-corrected chi connectivity index (χ0v) is 10.5. The number of hydrogen-bond acceptors (Lipinski definition) is 5. The van der Waals surface area contributed by atoms with Crippen LogP contribution in [0.3, 0.4) is 0 Å². The molecule has 0 saturated carbocycles. The number of carboxylic acid groups (broad SMARTS) is 1. The molecule has 0 aliphatic carbocycles. The van der Waals surface area contributed by atoms with E-state index in [0.717, 1.165) is 0 Å². The molecule has 1 aliphatic heterocycles. The van der Waals surface area contributed by atoms with E-state index in [-0.39, 0.29) is 24.4 Å². The summed E-state index contributed by atoms with van der Waals surface area (Å²) in [6, 6.07) is 1.76. The SMILES string of the molecule is NC(=O)C1COCCN1C(=O)c1ccc(C(=O)O)nc1. The van der Waals surface area contributed by atoms with Crippen molar-refractivity contribution >= 4 is 17.8 Å². The fraction of sp³-hybridized carbons (Fsp3) is 0.333. The summed E-state index contributed by atoms with van der Waals surface area (Å²) in [6.45, 7) is 0.616. The van der Waals surface area contributed by atoms with E-state index >= 15 is 0 Å². The van der Waals surface area contributed by atoms with Crippen molar-refractivity contribution in [3.63, 3.8) is 0 Å². The Morgan fingerprint density at radius 3 is 2.70 bits per heavy atom. The van der Waals surface area contributed by atoms with Crippen LogP contribution in [0.2, 0.25) is 0 Å². The molecule has 8 heteroatoms. The van der Waals surface area contributed by atoms with Crippen LogP contribution in [0.1, 0.15) is 20.8 Å². The van der Waals surface area contributed by atoms with Crippen LogP contribution in [0.5, 0.6) is 0 Å². The summed E-state index contributed by atoms with van der Waals surface area (Å²) in [5.41, 5.74) is 5.27. The summed E-state index contributed by atoms with van der Waals surface area (Å²) in [4.78, 5) is 39.2. The number of carboxylic acids is 1. The van der Waals surface area contributed by atoms with Crippen molar-refractivity contribution in [1.29, 1.82) is 0 Å². The lowest BCUT2D eigenvalue weighted by molar-refractivity contribution is -0.127. The lowest BCUT2D eigenvalue weighted by atomic mass is 10.1. The van der Waals surface area contributed by atoms with Crippen LogP contribution >= 0.6 is 0 Å². The molecule has 0 bridgehead atoms. The molecule has 8 nitrogen and oxygen atoms in total. The predicted octanol–water partition coefficient (Wildman–Crippen LogP) is -0.894. The summed E-state index contributed by atoms with van der Waals surface area (Å²) in [5, 5.41) is 8.74. The molecule has 20 heavy (non-hydrogen) atoms. The molecular weight excluding hydrogens is 266 g/mol. The molecule has 1 aromatic rings. The molecule has 106 valence electrons. The Kier molecular flexibility index (Phi) is 3.94. The smallest absolute Gasteiger partial charge is 0.354 e. The van der Waals surface area contributed by atoms with E-state index in [1.165, 1.54) is 23.2 Å². The van der Waals surface area contributed by atoms with E-state index in [0.29, 0.717) is 6.61 Å². The summed E-state index contributed by atoms with van der Waals surface area (Å²) < 4.78 is 5.12. The Balaban J connectivity index is 2.20. The van der Waals surface area contributed by atoms with Crippen LogP contribution in [-0.2, 0) is 9.53 Å². The van der Waals surface area contributed by atoms with Gasteiger partial charge in [0.1, 0.15) is 11.7 Å². The first-order valence-corrected chi connectivity index (χ1v) is 5.88. The van der Waals surface area contributed by atoms with E-state index < -0.39 is 23.8 Å². The number of nitrogens with zero attached hydrogens (tertiary/aromatic N) is 2. The van der Waals surface area contributed by atoms with Gasteiger partial charge in [-0.2, -0.15) is 0 Å². The monoisotopic (exact) mass is 279 g/mol. The number of pyridine rings is 1. The van der Waals surface area contributed by atoms with Crippen LogP contribution in [0.15, 0.2) is 18.3 Å². The molecular formula is C12H13N3O5. The molecule has 1 saturated heterocycles. The first-order chi connectivity index (χ1) is 9.50. The minimum absolute atomic E-state index is 0.0573. The lowest BCUT2D eigenvalue weighted by Crippen LogP contribution is -2.54. The maximum absolute atomic E-state index is 12.3. The molecule has 2 amide bonds. The minimum Gasteiger partial charge on any atom is -0.477 e. The molecule has 1 atom stereocenters. The summed E-state index contributed by atoms with van der Waals surface area (Å²) >= 11 is 0. The largest absolute Gasteiger partial charge is 0.477 e. The van der Waals surface area contributed by atoms with Gasteiger partial charge in [-0.05, 0) is 12.1 Å². The molecule has 2 rings (SSSR count). The lowest BCUT2D eigenvalue weighted by Gasteiger charge is -2.33. The van der Waals surface area contributed by atoms with Crippen LogP contribution in [0.25, 0.3) is 0 Å². The van der Waals surface area contributed by atoms with Gasteiger partial charge in [0.2, 0.25) is 5.91 Å². The third-order valence-corrected chi connectivity index (χ3v) is 2.95. The van der Waals surface area contributed by atoms with Crippen molar-refractivity contribution in [2.45, 2.75) is 6.04 Å². The van der Waals surface area contributed by atoms with Gasteiger partial charge in [-0.1, -0.05) is 0 Å². The van der Waals surface area contributed by atoms with Crippen molar-refractivity contribution in [3.05, 3.63) is 29.6 Å². The van der Waals surface area contributed by atoms with Gasteiger partial charge in [-0.25, -0.2) is 9.78 Å². The number of morpholine rings is 1. The number of ether oxygens (including phenoxy) is 1. The molecule has 2 heterocycles. The Hall–Kier alpha value is -2.48. The zero-order valence-electron chi connectivity index (χ0n) is 10.5. The number of carbonyl (C=O) groups is 3. The summed E-state index contributed by atoms with van der Waals surface area (Å²) in [6.07, 6.45) is 1.17. The maximum Gasteiger partial charge on any atom is 0.354 e. The highest BCUT2D eigenvalue weighted by Crippen LogP contribution is 2.12. The number of hydrogen-bond donors (Lipinski definition) is 2. The Bertz CT molecular complexity index is 543. The first kappa shape index (κ1) is 13.9. The Labute approximate surface area is 114 Å². The fourth-order valence-corrected chi connectivity index (χ4v) is 1.90. The molecule has 1 unspecified atom stereocenters. The number of aromatic carboxylic acids is 1. The number of rotatable bonds is 3.